The number of non-ortho nitro benzene ring substituents is 1. The van der Waals surface area contributed by atoms with Crippen molar-refractivity contribution < 1.29 is 22.9 Å². The number of nitro groups is 1. The summed E-state index contributed by atoms with van der Waals surface area (Å²) in [7, 11) is -2.17. The summed E-state index contributed by atoms with van der Waals surface area (Å²) in [6.07, 6.45) is -0.410. The fraction of sp³-hybridized carbons (Fsp3) is 0.381. The summed E-state index contributed by atoms with van der Waals surface area (Å²) in [6, 6.07) is 9.75. The van der Waals surface area contributed by atoms with Crippen LogP contribution in [0.4, 0.5) is 5.69 Å². The summed E-state index contributed by atoms with van der Waals surface area (Å²) in [4.78, 5) is 24.7. The third-order valence-electron chi connectivity index (χ3n) is 5.12. The number of amides is 1. The molecule has 0 aliphatic carbocycles. The molecule has 0 saturated carbocycles. The van der Waals surface area contributed by atoms with Crippen molar-refractivity contribution >= 4 is 33.2 Å². The number of hydrogen-bond donors (Lipinski definition) is 0. The summed E-state index contributed by atoms with van der Waals surface area (Å²) < 4.78 is 32.9. The number of ether oxygens (including phenoxy) is 1. The third kappa shape index (κ3) is 5.26. The van der Waals surface area contributed by atoms with E-state index in [2.05, 4.69) is 0 Å². The van der Waals surface area contributed by atoms with Gasteiger partial charge in [-0.2, -0.15) is 4.31 Å². The van der Waals surface area contributed by atoms with Gasteiger partial charge in [-0.15, -0.1) is 0 Å². The van der Waals surface area contributed by atoms with Crippen LogP contribution in [0.2, 0.25) is 5.02 Å². The highest BCUT2D eigenvalue weighted by Crippen LogP contribution is 2.25. The van der Waals surface area contributed by atoms with E-state index >= 15 is 0 Å². The lowest BCUT2D eigenvalue weighted by atomic mass is 10.1. The molecule has 1 amide bonds. The van der Waals surface area contributed by atoms with Gasteiger partial charge in [-0.1, -0.05) is 11.6 Å². The van der Waals surface area contributed by atoms with Crippen LogP contribution in [0, 0.1) is 10.1 Å². The van der Waals surface area contributed by atoms with Crippen molar-refractivity contribution in [3.63, 3.8) is 0 Å². The molecule has 1 heterocycles. The van der Waals surface area contributed by atoms with E-state index in [-0.39, 0.29) is 53.9 Å². The largest absolute Gasteiger partial charge is 0.373 e. The molecule has 2 atom stereocenters. The molecular formula is C21H24ClN3O6S. The van der Waals surface area contributed by atoms with Crippen molar-refractivity contribution in [2.24, 2.45) is 0 Å². The normalized spacial score (nSPS) is 19.5. The lowest BCUT2D eigenvalue weighted by Crippen LogP contribution is -2.48. The van der Waals surface area contributed by atoms with Crippen LogP contribution in [0.15, 0.2) is 47.4 Å². The summed E-state index contributed by atoms with van der Waals surface area (Å²) in [5.74, 6) is -0.370. The first kappa shape index (κ1) is 24.1. The van der Waals surface area contributed by atoms with Gasteiger partial charge in [-0.05, 0) is 49.7 Å². The maximum absolute atomic E-state index is 13.0. The summed E-state index contributed by atoms with van der Waals surface area (Å²) in [6.45, 7) is 4.23. The number of sulfonamides is 1. The van der Waals surface area contributed by atoms with Crippen LogP contribution in [0.5, 0.6) is 0 Å². The summed E-state index contributed by atoms with van der Waals surface area (Å²) in [5.41, 5.74) is 0.606. The van der Waals surface area contributed by atoms with Crippen molar-refractivity contribution in [3.05, 3.63) is 68.7 Å². The number of nitro benzene ring substituents is 1. The Labute approximate surface area is 191 Å². The Hall–Kier alpha value is -2.53. The molecule has 172 valence electrons. The van der Waals surface area contributed by atoms with E-state index in [1.165, 1.54) is 51.7 Å². The molecular weight excluding hydrogens is 458 g/mol. The van der Waals surface area contributed by atoms with E-state index in [1.807, 2.05) is 13.8 Å². The second kappa shape index (κ2) is 9.53. The fourth-order valence-electron chi connectivity index (χ4n) is 3.59. The molecule has 1 saturated heterocycles. The molecule has 0 spiro atoms. The summed E-state index contributed by atoms with van der Waals surface area (Å²) in [5, 5.41) is 11.3. The predicted octanol–water partition coefficient (Wildman–Crippen LogP) is 3.32. The molecule has 1 aliphatic heterocycles. The van der Waals surface area contributed by atoms with Gasteiger partial charge < -0.3 is 9.64 Å². The monoisotopic (exact) mass is 481 g/mol. The molecule has 3 rings (SSSR count). The van der Waals surface area contributed by atoms with E-state index in [1.54, 1.807) is 7.05 Å². The van der Waals surface area contributed by atoms with Crippen LogP contribution in [-0.4, -0.2) is 60.8 Å². The van der Waals surface area contributed by atoms with Gasteiger partial charge >= 0.3 is 0 Å². The van der Waals surface area contributed by atoms with Crippen LogP contribution in [0.1, 0.15) is 29.8 Å². The van der Waals surface area contributed by atoms with Crippen molar-refractivity contribution in [3.8, 4) is 0 Å². The molecule has 32 heavy (non-hydrogen) atoms. The van der Waals surface area contributed by atoms with Gasteiger partial charge in [0.15, 0.2) is 0 Å². The maximum Gasteiger partial charge on any atom is 0.269 e. The van der Waals surface area contributed by atoms with Gasteiger partial charge in [-0.3, -0.25) is 14.9 Å². The highest BCUT2D eigenvalue weighted by molar-refractivity contribution is 7.89. The SMILES string of the molecule is C[C@@H]1CN(S(=O)(=O)c2ccc(C(=O)N(C)Cc3cc([N+](=O)[O-])ccc3Cl)cc2)C[C@H](C)O1. The van der Waals surface area contributed by atoms with Crippen LogP contribution >= 0.6 is 11.6 Å². The third-order valence-corrected chi connectivity index (χ3v) is 7.33. The average Bonchev–Trinajstić information content (AvgIpc) is 2.74. The van der Waals surface area contributed by atoms with Gasteiger partial charge in [0.2, 0.25) is 10.0 Å². The zero-order valence-corrected chi connectivity index (χ0v) is 19.5. The van der Waals surface area contributed by atoms with E-state index in [4.69, 9.17) is 16.3 Å². The quantitative estimate of drug-likeness (QED) is 0.462. The van der Waals surface area contributed by atoms with Gasteiger partial charge in [0.05, 0.1) is 22.0 Å². The first-order valence-corrected chi connectivity index (χ1v) is 11.7. The maximum atomic E-state index is 13.0. The van der Waals surface area contributed by atoms with Crippen molar-refractivity contribution in [1.29, 1.82) is 0 Å². The minimum atomic E-state index is -3.71. The Balaban J connectivity index is 1.75. The van der Waals surface area contributed by atoms with Crippen LogP contribution < -0.4 is 0 Å². The van der Waals surface area contributed by atoms with Crippen LogP contribution in [0.3, 0.4) is 0 Å². The Kier molecular flexibility index (Phi) is 7.19. The molecule has 0 N–H and O–H groups in total. The molecule has 11 heteroatoms. The Morgan fingerprint density at radius 1 is 1.19 bits per heavy atom. The number of benzene rings is 2. The number of halogens is 1. The van der Waals surface area contributed by atoms with E-state index < -0.39 is 14.9 Å². The Bertz CT molecular complexity index is 1110. The van der Waals surface area contributed by atoms with Gasteiger partial charge in [0, 0.05) is 49.4 Å². The number of carbonyl (C=O) groups excluding carboxylic acids is 1. The molecule has 0 unspecified atom stereocenters. The Morgan fingerprint density at radius 3 is 2.34 bits per heavy atom. The topological polar surface area (TPSA) is 110 Å². The molecule has 2 aromatic rings. The highest BCUT2D eigenvalue weighted by Gasteiger charge is 2.32. The molecule has 1 aliphatic rings. The van der Waals surface area contributed by atoms with Crippen LogP contribution in [0.25, 0.3) is 0 Å². The number of rotatable bonds is 6. The summed E-state index contributed by atoms with van der Waals surface area (Å²) >= 11 is 6.12. The Morgan fingerprint density at radius 2 is 1.78 bits per heavy atom. The first-order chi connectivity index (χ1) is 15.0. The fourth-order valence-corrected chi connectivity index (χ4v) is 5.36. The number of carbonyl (C=O) groups is 1. The molecule has 0 bridgehead atoms. The minimum Gasteiger partial charge on any atom is -0.373 e. The van der Waals surface area contributed by atoms with Gasteiger partial charge in [0.1, 0.15) is 0 Å². The highest BCUT2D eigenvalue weighted by atomic mass is 35.5. The second-order valence-electron chi connectivity index (χ2n) is 7.80. The predicted molar refractivity (Wildman–Crippen MR) is 119 cm³/mol. The van der Waals surface area contributed by atoms with Crippen molar-refractivity contribution in [1.82, 2.24) is 9.21 Å². The lowest BCUT2D eigenvalue weighted by Gasteiger charge is -2.34. The minimum absolute atomic E-state index is 0.0585. The van der Waals surface area contributed by atoms with Crippen molar-refractivity contribution in [2.45, 2.75) is 37.5 Å². The molecule has 0 radical (unpaired) electrons. The molecule has 9 nitrogen and oxygen atoms in total. The number of morpholine rings is 1. The van der Waals surface area contributed by atoms with E-state index in [0.717, 1.165) is 0 Å². The smallest absolute Gasteiger partial charge is 0.269 e. The molecule has 1 fully saturated rings. The number of hydrogen-bond acceptors (Lipinski definition) is 6. The zero-order chi connectivity index (χ0) is 23.6. The standard InChI is InChI=1S/C21H24ClN3O6S/c1-14-11-24(12-15(2)31-14)32(29,30)19-7-4-16(5-8-19)21(26)23(3)13-17-10-18(25(27)28)6-9-20(17)22/h4-10,14-15H,11-13H2,1-3H3/t14-,15+. The lowest BCUT2D eigenvalue weighted by molar-refractivity contribution is -0.384. The zero-order valence-electron chi connectivity index (χ0n) is 17.9. The first-order valence-electron chi connectivity index (χ1n) is 9.93. The average molecular weight is 482 g/mol. The van der Waals surface area contributed by atoms with Crippen LogP contribution in [-0.2, 0) is 21.3 Å². The van der Waals surface area contributed by atoms with Crippen molar-refractivity contribution in [2.75, 3.05) is 20.1 Å². The number of nitrogens with zero attached hydrogens (tertiary/aromatic N) is 3. The second-order valence-corrected chi connectivity index (χ2v) is 10.1. The molecule has 2 aromatic carbocycles. The van der Waals surface area contributed by atoms with E-state index in [9.17, 15) is 23.3 Å². The van der Waals surface area contributed by atoms with E-state index in [0.29, 0.717) is 10.6 Å². The van der Waals surface area contributed by atoms with Gasteiger partial charge in [-0.25, -0.2) is 8.42 Å². The molecule has 0 aromatic heterocycles. The van der Waals surface area contributed by atoms with Gasteiger partial charge in [0.25, 0.3) is 11.6 Å².